The van der Waals surface area contributed by atoms with Crippen LogP contribution in [0.25, 0.3) is 0 Å². The summed E-state index contributed by atoms with van der Waals surface area (Å²) in [6.07, 6.45) is 10.5. The van der Waals surface area contributed by atoms with Crippen molar-refractivity contribution in [3.63, 3.8) is 0 Å². The fraction of sp³-hybridized carbons (Fsp3) is 0.925. The number of halogens is 2. The van der Waals surface area contributed by atoms with Crippen LogP contribution in [0.3, 0.4) is 0 Å². The van der Waals surface area contributed by atoms with Gasteiger partial charge in [0.1, 0.15) is 13.2 Å². The van der Waals surface area contributed by atoms with Crippen LogP contribution in [-0.4, -0.2) is 96.4 Å². The average molecular weight is 813 g/mol. The minimum atomic E-state index is -5.77. The molecule has 0 amide bonds. The highest BCUT2D eigenvalue weighted by atomic mass is 32.2. The first-order chi connectivity index (χ1) is 26.2. The molecule has 0 aromatic rings. The van der Waals surface area contributed by atoms with Crippen molar-refractivity contribution in [2.24, 2.45) is 63.1 Å². The van der Waals surface area contributed by atoms with Crippen LogP contribution < -0.4 is 0 Å². The average Bonchev–Trinajstić information content (AvgIpc) is 3.08. The van der Waals surface area contributed by atoms with Crippen LogP contribution in [0, 0.1) is 63.1 Å². The summed E-state index contributed by atoms with van der Waals surface area (Å²) in [5.74, 6) is -2.21. The first-order valence-corrected chi connectivity index (χ1v) is 22.2. The number of carbonyl (C=O) groups is 3. The zero-order chi connectivity index (χ0) is 39.4. The molecule has 1 heterocycles. The summed E-state index contributed by atoms with van der Waals surface area (Å²) < 4.78 is 90.1. The van der Waals surface area contributed by atoms with Gasteiger partial charge in [-0.2, -0.15) is 17.2 Å². The van der Waals surface area contributed by atoms with Gasteiger partial charge < -0.3 is 33.9 Å². The van der Waals surface area contributed by atoms with Gasteiger partial charge in [-0.05, 0) is 139 Å². The van der Waals surface area contributed by atoms with E-state index < -0.39 is 66.6 Å². The van der Waals surface area contributed by atoms with E-state index in [9.17, 15) is 41.8 Å². The summed E-state index contributed by atoms with van der Waals surface area (Å²) in [5, 5.41) is 18.0. The van der Waals surface area contributed by atoms with Gasteiger partial charge in [0.25, 0.3) is 0 Å². The van der Waals surface area contributed by atoms with Crippen LogP contribution in [0.5, 0.6) is 0 Å². The van der Waals surface area contributed by atoms with Crippen molar-refractivity contribution in [3.8, 4) is 0 Å². The van der Waals surface area contributed by atoms with E-state index in [0.29, 0.717) is 83.5 Å². The molecule has 6 unspecified atom stereocenters. The quantitative estimate of drug-likeness (QED) is 0.161. The third-order valence-corrected chi connectivity index (χ3v) is 17.5. The Bertz CT molecular complexity index is 1690. The molecule has 13 nitrogen and oxygen atoms in total. The molecule has 0 radical (unpaired) electrons. The van der Waals surface area contributed by atoms with E-state index in [4.69, 9.17) is 28.2 Å². The van der Waals surface area contributed by atoms with Crippen molar-refractivity contribution in [2.45, 2.75) is 131 Å². The molecule has 13 rings (SSSR count). The highest BCUT2D eigenvalue weighted by molar-refractivity contribution is 7.86. The fourth-order valence-electron chi connectivity index (χ4n) is 15.5. The second kappa shape index (κ2) is 12.1. The molecule has 6 atom stereocenters. The molecule has 12 bridgehead atoms. The van der Waals surface area contributed by atoms with E-state index in [-0.39, 0.29) is 92.6 Å². The lowest BCUT2D eigenvalue weighted by Crippen LogP contribution is -2.68. The van der Waals surface area contributed by atoms with Crippen LogP contribution in [-0.2, 0) is 48.2 Å². The first-order valence-electron chi connectivity index (χ1n) is 20.8. The van der Waals surface area contributed by atoms with Crippen LogP contribution >= 0.6 is 0 Å². The topological polar surface area (TPSA) is 192 Å². The zero-order valence-electron chi connectivity index (χ0n) is 31.7. The molecule has 16 heteroatoms. The maximum absolute atomic E-state index is 14.1. The monoisotopic (exact) mass is 812 g/mol. The van der Waals surface area contributed by atoms with Gasteiger partial charge in [0.15, 0.2) is 12.4 Å². The van der Waals surface area contributed by atoms with E-state index >= 15 is 0 Å². The Morgan fingerprint density at radius 2 is 1.02 bits per heavy atom. The molecule has 13 fully saturated rings. The SMILES string of the molecule is O=C(OCC(F)(F)S(=O)(=O)O)C12CC3CC(C1)C1(OCC(COC(=O)C45CC6CC(CC(O)(C6)C4)C5)(COC(=O)C45CC6CC(CC(O)(C6)C4)C5)CO1)C(C3)C2. The lowest BCUT2D eigenvalue weighted by molar-refractivity contribution is -0.391. The predicted octanol–water partition coefficient (Wildman–Crippen LogP) is 4.32. The molecule has 1 spiro atoms. The molecule has 1 saturated heterocycles. The van der Waals surface area contributed by atoms with Gasteiger partial charge in [0.05, 0.1) is 46.1 Å². The van der Waals surface area contributed by atoms with Gasteiger partial charge in [-0.1, -0.05) is 0 Å². The Morgan fingerprint density at radius 1 is 0.607 bits per heavy atom. The number of carbonyl (C=O) groups excluding carboxylic acids is 3. The van der Waals surface area contributed by atoms with Crippen molar-refractivity contribution >= 4 is 28.0 Å². The molecule has 12 saturated carbocycles. The van der Waals surface area contributed by atoms with Gasteiger partial charge in [-0.25, -0.2) is 0 Å². The van der Waals surface area contributed by atoms with Crippen molar-refractivity contribution in [2.75, 3.05) is 33.0 Å². The van der Waals surface area contributed by atoms with Crippen molar-refractivity contribution in [1.82, 2.24) is 0 Å². The highest BCUT2D eigenvalue weighted by Gasteiger charge is 2.69. The smallest absolute Gasteiger partial charge is 0.402 e. The Balaban J connectivity index is 0.863. The normalized spacial score (nSPS) is 50.7. The largest absolute Gasteiger partial charge is 0.464 e. The molecule has 312 valence electrons. The third kappa shape index (κ3) is 5.86. The number of alkyl halides is 2. The Morgan fingerprint density at radius 3 is 1.43 bits per heavy atom. The van der Waals surface area contributed by atoms with Crippen LogP contribution in [0.4, 0.5) is 8.78 Å². The Hall–Kier alpha value is -1.98. The molecule has 3 N–H and O–H groups in total. The Kier molecular flexibility index (Phi) is 8.24. The first kappa shape index (κ1) is 38.2. The second-order valence-electron chi connectivity index (χ2n) is 21.2. The minimum Gasteiger partial charge on any atom is -0.464 e. The highest BCUT2D eigenvalue weighted by Crippen LogP contribution is 2.67. The van der Waals surface area contributed by atoms with Crippen LogP contribution in [0.15, 0.2) is 0 Å². The lowest BCUT2D eigenvalue weighted by atomic mass is 9.47. The molecule has 12 aliphatic carbocycles. The molecule has 0 aromatic carbocycles. The van der Waals surface area contributed by atoms with Gasteiger partial charge in [-0.15, -0.1) is 0 Å². The predicted molar refractivity (Wildman–Crippen MR) is 187 cm³/mol. The van der Waals surface area contributed by atoms with Crippen molar-refractivity contribution in [1.29, 1.82) is 0 Å². The summed E-state index contributed by atoms with van der Waals surface area (Å²) in [6.45, 7) is -2.01. The number of esters is 3. The lowest BCUT2D eigenvalue weighted by Gasteiger charge is -2.65. The van der Waals surface area contributed by atoms with E-state index in [1.807, 2.05) is 0 Å². The summed E-state index contributed by atoms with van der Waals surface area (Å²) in [7, 11) is -5.77. The summed E-state index contributed by atoms with van der Waals surface area (Å²) in [5.41, 5.74) is -5.45. The number of hydrogen-bond acceptors (Lipinski definition) is 12. The maximum atomic E-state index is 14.1. The fourth-order valence-corrected chi connectivity index (χ4v) is 15.7. The van der Waals surface area contributed by atoms with E-state index in [1.54, 1.807) is 0 Å². The minimum absolute atomic E-state index is 0.0215. The van der Waals surface area contributed by atoms with E-state index in [2.05, 4.69) is 0 Å². The van der Waals surface area contributed by atoms with E-state index in [0.717, 1.165) is 12.8 Å². The van der Waals surface area contributed by atoms with Crippen LogP contribution in [0.2, 0.25) is 0 Å². The van der Waals surface area contributed by atoms with Gasteiger partial charge in [0, 0.05) is 11.8 Å². The van der Waals surface area contributed by atoms with Crippen LogP contribution in [0.1, 0.15) is 109 Å². The van der Waals surface area contributed by atoms with Gasteiger partial charge >= 0.3 is 33.3 Å². The summed E-state index contributed by atoms with van der Waals surface area (Å²) in [6, 6.07) is 0. The number of aliphatic hydroxyl groups is 2. The Labute approximate surface area is 325 Å². The second-order valence-corrected chi connectivity index (χ2v) is 22.7. The standard InChI is InChI=1S/C40H54F2O13S/c41-39(42,56(48,49)50)22-53-30(43)34-5-23-3-28(14-34)40(29(4-23)15-34)54-20-33(21-55-40,18-51-31(44)35-6-24-1-25(7-35)11-37(46,10-24)16-35)19-52-32(45)36-8-26-2-27(9-36)13-38(47,12-26)17-36/h23-29,46-47H,1-22H2,(H,48,49,50). The summed E-state index contributed by atoms with van der Waals surface area (Å²) in [4.78, 5) is 41.6. The van der Waals surface area contributed by atoms with Crippen molar-refractivity contribution < 1.29 is 70.0 Å². The van der Waals surface area contributed by atoms with Gasteiger partial charge in [-0.3, -0.25) is 18.9 Å². The third-order valence-electron chi connectivity index (χ3n) is 16.7. The summed E-state index contributed by atoms with van der Waals surface area (Å²) >= 11 is 0. The zero-order valence-corrected chi connectivity index (χ0v) is 32.5. The molecule has 0 aromatic heterocycles. The molecular formula is C40H54F2O13S. The van der Waals surface area contributed by atoms with E-state index in [1.165, 1.54) is 0 Å². The molecule has 1 aliphatic heterocycles. The molecule has 56 heavy (non-hydrogen) atoms. The maximum Gasteiger partial charge on any atom is 0.402 e. The number of hydrogen-bond donors (Lipinski definition) is 3. The van der Waals surface area contributed by atoms with Gasteiger partial charge in [0.2, 0.25) is 0 Å². The number of rotatable bonds is 10. The van der Waals surface area contributed by atoms with Crippen molar-refractivity contribution in [3.05, 3.63) is 0 Å². The number of ether oxygens (including phenoxy) is 5. The molecular weight excluding hydrogens is 758 g/mol. The molecule has 13 aliphatic rings.